The van der Waals surface area contributed by atoms with Crippen LogP contribution in [0, 0.1) is 11.7 Å². The number of ether oxygens (including phenoxy) is 1. The van der Waals surface area contributed by atoms with Crippen molar-refractivity contribution in [1.82, 2.24) is 5.32 Å². The molecule has 1 N–H and O–H groups in total. The van der Waals surface area contributed by atoms with Crippen LogP contribution in [0.2, 0.25) is 0 Å². The molecule has 1 amide bonds. The fourth-order valence-electron chi connectivity index (χ4n) is 2.61. The van der Waals surface area contributed by atoms with E-state index in [1.807, 2.05) is 24.3 Å². The molecule has 0 fully saturated rings. The van der Waals surface area contributed by atoms with E-state index in [-0.39, 0.29) is 17.6 Å². The van der Waals surface area contributed by atoms with Crippen LogP contribution >= 0.6 is 0 Å². The summed E-state index contributed by atoms with van der Waals surface area (Å²) < 4.78 is 18.8. The zero-order chi connectivity index (χ0) is 16.1. The summed E-state index contributed by atoms with van der Waals surface area (Å²) in [6.45, 7) is 1.16. The van der Waals surface area contributed by atoms with Crippen molar-refractivity contribution >= 4 is 12.0 Å². The third kappa shape index (κ3) is 4.19. The molecular weight excluding hydrogens is 293 g/mol. The molecule has 0 spiro atoms. The van der Waals surface area contributed by atoms with Gasteiger partial charge in [-0.05, 0) is 41.8 Å². The molecule has 23 heavy (non-hydrogen) atoms. The van der Waals surface area contributed by atoms with Gasteiger partial charge in [-0.25, -0.2) is 4.39 Å². The van der Waals surface area contributed by atoms with Crippen LogP contribution in [0.25, 0.3) is 6.08 Å². The minimum atomic E-state index is -0.314. The highest BCUT2D eigenvalue weighted by Gasteiger charge is 2.19. The molecule has 1 unspecified atom stereocenters. The molecule has 1 aliphatic rings. The standard InChI is InChI=1S/C19H18FNO2/c20-17-6-3-4-14(11-17)8-9-19(22)21-12-15-10-16-5-1-2-7-18(16)23-13-15/h1-9,11,15H,10,12-13H2,(H,21,22). The Balaban J connectivity index is 1.50. The Morgan fingerprint density at radius 1 is 1.26 bits per heavy atom. The minimum absolute atomic E-state index is 0.187. The average molecular weight is 311 g/mol. The van der Waals surface area contributed by atoms with E-state index in [0.717, 1.165) is 12.2 Å². The Bertz CT molecular complexity index is 727. The molecule has 0 bridgehead atoms. The summed E-state index contributed by atoms with van der Waals surface area (Å²) in [4.78, 5) is 11.9. The predicted octanol–water partition coefficient (Wildman–Crippen LogP) is 3.21. The third-order valence-corrected chi connectivity index (χ3v) is 3.80. The third-order valence-electron chi connectivity index (χ3n) is 3.80. The molecule has 4 heteroatoms. The highest BCUT2D eigenvalue weighted by molar-refractivity contribution is 5.91. The van der Waals surface area contributed by atoms with Crippen molar-refractivity contribution in [2.45, 2.75) is 6.42 Å². The smallest absolute Gasteiger partial charge is 0.244 e. The largest absolute Gasteiger partial charge is 0.493 e. The lowest BCUT2D eigenvalue weighted by Gasteiger charge is -2.25. The second kappa shape index (κ2) is 7.09. The van der Waals surface area contributed by atoms with Crippen molar-refractivity contribution in [3.05, 3.63) is 71.6 Å². The molecule has 1 heterocycles. The summed E-state index contributed by atoms with van der Waals surface area (Å²) >= 11 is 0. The normalized spacial score (nSPS) is 16.7. The molecule has 2 aromatic carbocycles. The van der Waals surface area contributed by atoms with Crippen LogP contribution in [0.1, 0.15) is 11.1 Å². The molecular formula is C19H18FNO2. The van der Waals surface area contributed by atoms with E-state index >= 15 is 0 Å². The molecule has 0 aromatic heterocycles. The molecule has 0 saturated heterocycles. The molecule has 0 radical (unpaired) electrons. The number of amides is 1. The van der Waals surface area contributed by atoms with Gasteiger partial charge >= 0.3 is 0 Å². The number of hydrogen-bond donors (Lipinski definition) is 1. The second-order valence-electron chi connectivity index (χ2n) is 5.62. The predicted molar refractivity (Wildman–Crippen MR) is 87.6 cm³/mol. The van der Waals surface area contributed by atoms with E-state index in [1.54, 1.807) is 18.2 Å². The molecule has 0 aliphatic carbocycles. The Morgan fingerprint density at radius 3 is 3.00 bits per heavy atom. The number of carbonyl (C=O) groups excluding carboxylic acids is 1. The quantitative estimate of drug-likeness (QED) is 0.881. The lowest BCUT2D eigenvalue weighted by Crippen LogP contribution is -2.33. The molecule has 3 rings (SSSR count). The number of benzene rings is 2. The highest BCUT2D eigenvalue weighted by atomic mass is 19.1. The maximum absolute atomic E-state index is 13.1. The van der Waals surface area contributed by atoms with E-state index < -0.39 is 0 Å². The monoisotopic (exact) mass is 311 g/mol. The van der Waals surface area contributed by atoms with Crippen LogP contribution in [-0.2, 0) is 11.2 Å². The average Bonchev–Trinajstić information content (AvgIpc) is 2.58. The van der Waals surface area contributed by atoms with E-state index in [9.17, 15) is 9.18 Å². The van der Waals surface area contributed by atoms with Crippen molar-refractivity contribution in [2.24, 2.45) is 5.92 Å². The first-order valence-corrected chi connectivity index (χ1v) is 7.63. The van der Waals surface area contributed by atoms with Crippen molar-refractivity contribution < 1.29 is 13.9 Å². The summed E-state index contributed by atoms with van der Waals surface area (Å²) in [7, 11) is 0. The Hall–Kier alpha value is -2.62. The first kappa shape index (κ1) is 15.3. The Morgan fingerprint density at radius 2 is 2.13 bits per heavy atom. The van der Waals surface area contributed by atoms with Crippen LogP contribution < -0.4 is 10.1 Å². The summed E-state index contributed by atoms with van der Waals surface area (Å²) in [5.41, 5.74) is 1.84. The SMILES string of the molecule is O=C(C=Cc1cccc(F)c1)NCC1COc2ccccc2C1. The van der Waals surface area contributed by atoms with Gasteiger partial charge in [0.1, 0.15) is 11.6 Å². The van der Waals surface area contributed by atoms with Crippen molar-refractivity contribution in [3.63, 3.8) is 0 Å². The number of para-hydroxylation sites is 1. The van der Waals surface area contributed by atoms with Crippen LogP contribution in [0.15, 0.2) is 54.6 Å². The Labute approximate surface area is 134 Å². The summed E-state index contributed by atoms with van der Waals surface area (Å²) in [6, 6.07) is 14.1. The second-order valence-corrected chi connectivity index (χ2v) is 5.62. The number of carbonyl (C=O) groups is 1. The van der Waals surface area contributed by atoms with Gasteiger partial charge in [-0.15, -0.1) is 0 Å². The fraction of sp³-hybridized carbons (Fsp3) is 0.211. The van der Waals surface area contributed by atoms with E-state index in [1.165, 1.54) is 23.8 Å². The number of halogens is 1. The molecule has 3 nitrogen and oxygen atoms in total. The maximum atomic E-state index is 13.1. The van der Waals surface area contributed by atoms with Gasteiger partial charge < -0.3 is 10.1 Å². The highest BCUT2D eigenvalue weighted by Crippen LogP contribution is 2.26. The molecule has 2 aromatic rings. The van der Waals surface area contributed by atoms with E-state index in [0.29, 0.717) is 18.7 Å². The summed E-state index contributed by atoms with van der Waals surface area (Å²) in [6.07, 6.45) is 3.92. The van der Waals surface area contributed by atoms with Crippen molar-refractivity contribution in [3.8, 4) is 5.75 Å². The maximum Gasteiger partial charge on any atom is 0.244 e. The zero-order valence-corrected chi connectivity index (χ0v) is 12.7. The lowest BCUT2D eigenvalue weighted by molar-refractivity contribution is -0.116. The molecule has 1 atom stereocenters. The number of fused-ring (bicyclic) bond motifs is 1. The minimum Gasteiger partial charge on any atom is -0.493 e. The van der Waals surface area contributed by atoms with E-state index in [2.05, 4.69) is 5.32 Å². The van der Waals surface area contributed by atoms with Crippen molar-refractivity contribution in [1.29, 1.82) is 0 Å². The first-order valence-electron chi connectivity index (χ1n) is 7.63. The summed E-state index contributed by atoms with van der Waals surface area (Å²) in [5.74, 6) is 0.691. The molecule has 1 aliphatic heterocycles. The van der Waals surface area contributed by atoms with Gasteiger partial charge in [-0.3, -0.25) is 4.79 Å². The van der Waals surface area contributed by atoms with Gasteiger partial charge in [0, 0.05) is 18.5 Å². The van der Waals surface area contributed by atoms with Crippen LogP contribution in [0.4, 0.5) is 4.39 Å². The van der Waals surface area contributed by atoms with Crippen molar-refractivity contribution in [2.75, 3.05) is 13.2 Å². The zero-order valence-electron chi connectivity index (χ0n) is 12.7. The van der Waals surface area contributed by atoms with Gasteiger partial charge in [0.05, 0.1) is 6.61 Å². The van der Waals surface area contributed by atoms with Gasteiger partial charge in [0.2, 0.25) is 5.91 Å². The number of rotatable bonds is 4. The van der Waals surface area contributed by atoms with Crippen LogP contribution in [0.3, 0.4) is 0 Å². The lowest BCUT2D eigenvalue weighted by atomic mass is 9.97. The first-order chi connectivity index (χ1) is 11.2. The number of hydrogen-bond acceptors (Lipinski definition) is 2. The van der Waals surface area contributed by atoms with Gasteiger partial charge in [0.25, 0.3) is 0 Å². The Kier molecular flexibility index (Phi) is 4.71. The van der Waals surface area contributed by atoms with Gasteiger partial charge in [-0.2, -0.15) is 0 Å². The van der Waals surface area contributed by atoms with E-state index in [4.69, 9.17) is 4.74 Å². The van der Waals surface area contributed by atoms with Gasteiger partial charge in [-0.1, -0.05) is 30.3 Å². The molecule has 0 saturated carbocycles. The summed E-state index contributed by atoms with van der Waals surface area (Å²) in [5, 5.41) is 2.87. The van der Waals surface area contributed by atoms with Crippen LogP contribution in [0.5, 0.6) is 5.75 Å². The molecule has 118 valence electrons. The fourth-order valence-corrected chi connectivity index (χ4v) is 2.61. The van der Waals surface area contributed by atoms with Crippen LogP contribution in [-0.4, -0.2) is 19.1 Å². The number of nitrogens with one attached hydrogen (secondary N) is 1. The van der Waals surface area contributed by atoms with Gasteiger partial charge in [0.15, 0.2) is 0 Å². The topological polar surface area (TPSA) is 38.3 Å².